The van der Waals surface area contributed by atoms with Crippen molar-refractivity contribution in [1.82, 2.24) is 10.7 Å². The van der Waals surface area contributed by atoms with Crippen LogP contribution >= 0.6 is 11.8 Å². The fraction of sp³-hybridized carbons (Fsp3) is 0.150. The molecule has 0 radical (unpaired) electrons. The molecule has 2 aromatic carbocycles. The van der Waals surface area contributed by atoms with Crippen LogP contribution in [-0.2, 0) is 9.59 Å². The molecule has 0 saturated carbocycles. The van der Waals surface area contributed by atoms with Crippen molar-refractivity contribution in [2.75, 3.05) is 7.11 Å². The highest BCUT2D eigenvalue weighted by Gasteiger charge is 2.33. The molecule has 1 unspecified atom stereocenters. The van der Waals surface area contributed by atoms with Gasteiger partial charge in [0.2, 0.25) is 5.91 Å². The van der Waals surface area contributed by atoms with E-state index >= 15 is 0 Å². The number of aromatic hydroxyl groups is 1. The highest BCUT2D eigenvalue weighted by atomic mass is 32.2. The first-order chi connectivity index (χ1) is 14.9. The van der Waals surface area contributed by atoms with E-state index in [1.807, 2.05) is 0 Å². The van der Waals surface area contributed by atoms with Gasteiger partial charge in [-0.15, -0.1) is 0 Å². The van der Waals surface area contributed by atoms with Gasteiger partial charge in [-0.05, 0) is 48.0 Å². The summed E-state index contributed by atoms with van der Waals surface area (Å²) in [5.74, 6) is -1.29. The summed E-state index contributed by atoms with van der Waals surface area (Å²) in [4.78, 5) is 46.6. The molecule has 1 aliphatic heterocycles. The van der Waals surface area contributed by atoms with Crippen molar-refractivity contribution < 1.29 is 33.8 Å². The van der Waals surface area contributed by atoms with Crippen LogP contribution in [0.1, 0.15) is 22.3 Å². The quantitative estimate of drug-likeness (QED) is 0.254. The molecular weight excluding hydrogens is 426 g/mol. The molecule has 3 amide bonds. The molecule has 3 N–H and O–H groups in total. The molecule has 1 heterocycles. The Bertz CT molecular complexity index is 1050. The number of methoxy groups -OCH3 is 1. The zero-order valence-corrected chi connectivity index (χ0v) is 17.0. The summed E-state index contributed by atoms with van der Waals surface area (Å²) >= 11 is 0.756. The first kappa shape index (κ1) is 21.8. The van der Waals surface area contributed by atoms with Crippen molar-refractivity contribution in [2.24, 2.45) is 5.10 Å². The summed E-state index contributed by atoms with van der Waals surface area (Å²) in [6.07, 6.45) is 1.17. The molecule has 0 spiro atoms. The maximum absolute atomic E-state index is 12.1. The maximum atomic E-state index is 12.1. The van der Waals surface area contributed by atoms with Crippen molar-refractivity contribution in [3.63, 3.8) is 0 Å². The monoisotopic (exact) mass is 443 g/mol. The van der Waals surface area contributed by atoms with Gasteiger partial charge >= 0.3 is 5.97 Å². The van der Waals surface area contributed by atoms with Crippen molar-refractivity contribution in [3.05, 3.63) is 53.6 Å². The van der Waals surface area contributed by atoms with Gasteiger partial charge in [0.25, 0.3) is 11.1 Å². The third kappa shape index (κ3) is 5.82. The molecule has 31 heavy (non-hydrogen) atoms. The van der Waals surface area contributed by atoms with E-state index in [0.29, 0.717) is 5.56 Å². The van der Waals surface area contributed by atoms with Crippen LogP contribution in [0.2, 0.25) is 0 Å². The van der Waals surface area contributed by atoms with Crippen LogP contribution in [0.3, 0.4) is 0 Å². The molecule has 3 rings (SSSR count). The summed E-state index contributed by atoms with van der Waals surface area (Å²) in [6.45, 7) is 0. The van der Waals surface area contributed by atoms with Gasteiger partial charge in [0.05, 0.1) is 19.7 Å². The van der Waals surface area contributed by atoms with E-state index in [1.54, 1.807) is 12.1 Å². The number of phenolic OH excluding ortho intramolecular Hbond substituents is 1. The number of hydrogen-bond donors (Lipinski definition) is 3. The molecule has 160 valence electrons. The van der Waals surface area contributed by atoms with E-state index < -0.39 is 28.3 Å². The Kier molecular flexibility index (Phi) is 6.88. The van der Waals surface area contributed by atoms with Crippen LogP contribution in [0.4, 0.5) is 4.79 Å². The van der Waals surface area contributed by atoms with Gasteiger partial charge in [-0.3, -0.25) is 24.5 Å². The number of rotatable bonds is 7. The van der Waals surface area contributed by atoms with Crippen molar-refractivity contribution >= 4 is 41.0 Å². The fourth-order valence-corrected chi connectivity index (χ4v) is 3.33. The first-order valence-corrected chi connectivity index (χ1v) is 9.76. The summed E-state index contributed by atoms with van der Waals surface area (Å²) < 4.78 is 10.1. The van der Waals surface area contributed by atoms with E-state index in [4.69, 9.17) is 9.47 Å². The van der Waals surface area contributed by atoms with Gasteiger partial charge in [-0.1, -0.05) is 11.8 Å². The predicted octanol–water partition coefficient (Wildman–Crippen LogP) is 1.81. The minimum absolute atomic E-state index is 0.0814. The first-order valence-electron chi connectivity index (χ1n) is 8.88. The number of nitrogens with zero attached hydrogens (tertiary/aromatic N) is 1. The standard InChI is InChI=1S/C20H17N3O7S/c1-29-15-8-12(4-7-14(15)24)18(26)23-21-10-11-2-5-13(6-3-11)30-17(25)9-16-19(27)22-20(28)31-16/h2-8,10,16,24H,9H2,1H3,(H,23,26)(H,22,27,28). The minimum Gasteiger partial charge on any atom is -0.504 e. The average Bonchev–Trinajstić information content (AvgIpc) is 3.06. The van der Waals surface area contributed by atoms with Crippen LogP contribution in [0.5, 0.6) is 17.2 Å². The summed E-state index contributed by atoms with van der Waals surface area (Å²) in [7, 11) is 1.38. The number of ether oxygens (including phenoxy) is 2. The smallest absolute Gasteiger partial charge is 0.312 e. The molecule has 0 aromatic heterocycles. The number of carbonyl (C=O) groups is 4. The second-order valence-corrected chi connectivity index (χ2v) is 7.39. The van der Waals surface area contributed by atoms with Gasteiger partial charge in [-0.25, -0.2) is 5.43 Å². The third-order valence-corrected chi connectivity index (χ3v) is 5.03. The number of amides is 3. The van der Waals surface area contributed by atoms with Crippen LogP contribution in [0.15, 0.2) is 47.6 Å². The number of imide groups is 1. The van der Waals surface area contributed by atoms with Gasteiger partial charge in [0, 0.05) is 5.56 Å². The number of hydrazone groups is 1. The largest absolute Gasteiger partial charge is 0.504 e. The van der Waals surface area contributed by atoms with E-state index in [1.165, 1.54) is 43.7 Å². The van der Waals surface area contributed by atoms with E-state index in [9.17, 15) is 24.3 Å². The molecule has 1 saturated heterocycles. The topological polar surface area (TPSA) is 143 Å². The number of benzene rings is 2. The van der Waals surface area contributed by atoms with Crippen molar-refractivity contribution in [1.29, 1.82) is 0 Å². The van der Waals surface area contributed by atoms with Crippen molar-refractivity contribution in [2.45, 2.75) is 11.7 Å². The lowest BCUT2D eigenvalue weighted by atomic mass is 10.2. The van der Waals surface area contributed by atoms with E-state index in [0.717, 1.165) is 11.8 Å². The Hall–Kier alpha value is -3.86. The van der Waals surface area contributed by atoms with Crippen molar-refractivity contribution in [3.8, 4) is 17.2 Å². The Labute approximate surface area is 180 Å². The van der Waals surface area contributed by atoms with Gasteiger partial charge in [0.1, 0.15) is 11.0 Å². The van der Waals surface area contributed by atoms with Gasteiger partial charge in [0.15, 0.2) is 11.5 Å². The molecule has 0 bridgehead atoms. The van der Waals surface area contributed by atoms with Gasteiger partial charge in [-0.2, -0.15) is 5.10 Å². The average molecular weight is 443 g/mol. The minimum atomic E-state index is -0.788. The highest BCUT2D eigenvalue weighted by molar-refractivity contribution is 8.15. The van der Waals surface area contributed by atoms with Gasteiger partial charge < -0.3 is 14.6 Å². The molecule has 2 aromatic rings. The number of carbonyl (C=O) groups excluding carboxylic acids is 4. The Morgan fingerprint density at radius 3 is 2.61 bits per heavy atom. The zero-order chi connectivity index (χ0) is 22.4. The second-order valence-electron chi connectivity index (χ2n) is 6.22. The molecule has 1 atom stereocenters. The SMILES string of the molecule is COc1cc(C(=O)NN=Cc2ccc(OC(=O)CC3SC(=O)NC3=O)cc2)ccc1O. The summed E-state index contributed by atoms with van der Waals surface area (Å²) in [6, 6.07) is 10.4. The number of nitrogens with one attached hydrogen (secondary N) is 2. The van der Waals surface area contributed by atoms with Crippen LogP contribution in [0, 0.1) is 0 Å². The predicted molar refractivity (Wildman–Crippen MR) is 111 cm³/mol. The normalized spacial score (nSPS) is 15.6. The lowest BCUT2D eigenvalue weighted by molar-refractivity contribution is -0.135. The molecule has 0 aliphatic carbocycles. The van der Waals surface area contributed by atoms with Crippen LogP contribution in [0.25, 0.3) is 0 Å². The number of phenols is 1. The third-order valence-electron chi connectivity index (χ3n) is 4.05. The fourth-order valence-electron chi connectivity index (χ4n) is 2.52. The van der Waals surface area contributed by atoms with E-state index in [2.05, 4.69) is 15.8 Å². The lowest BCUT2D eigenvalue weighted by Gasteiger charge is -2.06. The lowest BCUT2D eigenvalue weighted by Crippen LogP contribution is -2.27. The number of thioether (sulfide) groups is 1. The summed E-state index contributed by atoms with van der Waals surface area (Å²) in [5, 5.41) is 14.3. The second kappa shape index (κ2) is 9.76. The molecule has 1 aliphatic rings. The maximum Gasteiger partial charge on any atom is 0.312 e. The van der Waals surface area contributed by atoms with Crippen LogP contribution in [-0.4, -0.2) is 46.7 Å². The molecule has 11 heteroatoms. The molecular formula is C20H17N3O7S. The Balaban J connectivity index is 1.51. The molecule has 1 fully saturated rings. The zero-order valence-electron chi connectivity index (χ0n) is 16.2. The van der Waals surface area contributed by atoms with E-state index in [-0.39, 0.29) is 29.2 Å². The number of hydrogen-bond acceptors (Lipinski definition) is 9. The number of esters is 1. The Morgan fingerprint density at radius 1 is 1.23 bits per heavy atom. The Morgan fingerprint density at radius 2 is 1.97 bits per heavy atom. The highest BCUT2D eigenvalue weighted by Crippen LogP contribution is 2.26. The van der Waals surface area contributed by atoms with Crippen LogP contribution < -0.4 is 20.2 Å². The summed E-state index contributed by atoms with van der Waals surface area (Å²) in [5.41, 5.74) is 3.23. The molecule has 10 nitrogen and oxygen atoms in total.